The van der Waals surface area contributed by atoms with Crippen LogP contribution in [0.15, 0.2) is 23.5 Å². The molecule has 5 heteroatoms. The third-order valence-corrected chi connectivity index (χ3v) is 4.44. The lowest BCUT2D eigenvalue weighted by Crippen LogP contribution is -2.44. The molecule has 2 N–H and O–H groups in total. The predicted molar refractivity (Wildman–Crippen MR) is 73.5 cm³/mol. The van der Waals surface area contributed by atoms with Crippen LogP contribution in [0.4, 0.5) is 0 Å². The molecular weight excluding hydrogens is 273 g/mol. The maximum absolute atomic E-state index is 9.58. The molecule has 0 fully saturated rings. The van der Waals surface area contributed by atoms with Gasteiger partial charge in [-0.25, -0.2) is 0 Å². The SMILES string of the molecule is CC(C)C1=C(CO)C(C2C(Cl)C=CCC2Cl)NO1. The van der Waals surface area contributed by atoms with Crippen LogP contribution in [0, 0.1) is 11.8 Å². The Bertz CT molecular complexity index is 368. The minimum Gasteiger partial charge on any atom is -0.412 e. The largest absolute Gasteiger partial charge is 0.412 e. The van der Waals surface area contributed by atoms with Crippen molar-refractivity contribution in [1.29, 1.82) is 0 Å². The van der Waals surface area contributed by atoms with Crippen LogP contribution in [0.5, 0.6) is 0 Å². The second kappa shape index (κ2) is 5.83. The Kier molecular flexibility index (Phi) is 4.59. The Hall–Kier alpha value is -0.220. The molecule has 0 saturated carbocycles. The molecule has 0 aromatic carbocycles. The summed E-state index contributed by atoms with van der Waals surface area (Å²) in [6.07, 6.45) is 4.77. The first kappa shape index (κ1) is 14.2. The summed E-state index contributed by atoms with van der Waals surface area (Å²) in [7, 11) is 0. The standard InChI is InChI=1S/C13H19Cl2NO2/c1-7(2)13-8(6-17)12(16-18-13)11-9(14)4-3-5-10(11)15/h3-4,7,9-12,16-17H,5-6H2,1-2H3. The first-order valence-corrected chi connectivity index (χ1v) is 7.14. The fraction of sp³-hybridized carbons (Fsp3) is 0.692. The lowest BCUT2D eigenvalue weighted by Gasteiger charge is -2.32. The Morgan fingerprint density at radius 2 is 2.22 bits per heavy atom. The van der Waals surface area contributed by atoms with Gasteiger partial charge in [0, 0.05) is 22.8 Å². The molecule has 0 aromatic heterocycles. The van der Waals surface area contributed by atoms with Crippen molar-refractivity contribution in [2.75, 3.05) is 6.61 Å². The zero-order valence-corrected chi connectivity index (χ0v) is 12.1. The van der Waals surface area contributed by atoms with Gasteiger partial charge < -0.3 is 9.94 Å². The first-order valence-electron chi connectivity index (χ1n) is 6.27. The van der Waals surface area contributed by atoms with Gasteiger partial charge in [0.1, 0.15) is 5.76 Å². The van der Waals surface area contributed by atoms with Crippen molar-refractivity contribution in [3.8, 4) is 0 Å². The summed E-state index contributed by atoms with van der Waals surface area (Å²) in [5.74, 6) is 1.06. The zero-order valence-electron chi connectivity index (χ0n) is 10.6. The van der Waals surface area contributed by atoms with E-state index >= 15 is 0 Å². The van der Waals surface area contributed by atoms with Crippen LogP contribution in [0.25, 0.3) is 0 Å². The summed E-state index contributed by atoms with van der Waals surface area (Å²) in [6.45, 7) is 4.04. The summed E-state index contributed by atoms with van der Waals surface area (Å²) in [5, 5.41) is 9.38. The summed E-state index contributed by atoms with van der Waals surface area (Å²) >= 11 is 12.7. The van der Waals surface area contributed by atoms with E-state index in [2.05, 4.69) is 5.48 Å². The summed E-state index contributed by atoms with van der Waals surface area (Å²) < 4.78 is 0. The number of hydrogen-bond donors (Lipinski definition) is 2. The van der Waals surface area contributed by atoms with Crippen LogP contribution in [0.2, 0.25) is 0 Å². The van der Waals surface area contributed by atoms with Gasteiger partial charge in [-0.2, -0.15) is 0 Å². The minimum atomic E-state index is -0.143. The van der Waals surface area contributed by atoms with Crippen LogP contribution >= 0.6 is 23.2 Å². The number of allylic oxidation sites excluding steroid dienone is 3. The number of alkyl halides is 2. The highest BCUT2D eigenvalue weighted by Crippen LogP contribution is 2.37. The fourth-order valence-electron chi connectivity index (χ4n) is 2.61. The monoisotopic (exact) mass is 291 g/mol. The lowest BCUT2D eigenvalue weighted by atomic mass is 9.83. The molecule has 4 unspecified atom stereocenters. The van der Waals surface area contributed by atoms with Crippen LogP contribution in [0.1, 0.15) is 20.3 Å². The lowest BCUT2D eigenvalue weighted by molar-refractivity contribution is 0.0842. The van der Waals surface area contributed by atoms with Crippen molar-refractivity contribution in [3.63, 3.8) is 0 Å². The highest BCUT2D eigenvalue weighted by molar-refractivity contribution is 6.25. The third-order valence-electron chi connectivity index (χ3n) is 3.53. The molecule has 4 atom stereocenters. The summed E-state index contributed by atoms with van der Waals surface area (Å²) in [5.41, 5.74) is 3.86. The number of rotatable bonds is 3. The van der Waals surface area contributed by atoms with Crippen LogP contribution < -0.4 is 5.48 Å². The molecule has 1 aliphatic heterocycles. The number of halogens is 2. The van der Waals surface area contributed by atoms with E-state index in [4.69, 9.17) is 28.0 Å². The van der Waals surface area contributed by atoms with E-state index in [1.807, 2.05) is 26.0 Å². The molecule has 2 aliphatic rings. The van der Waals surface area contributed by atoms with Crippen LogP contribution in [-0.2, 0) is 4.84 Å². The van der Waals surface area contributed by atoms with Gasteiger partial charge in [-0.1, -0.05) is 26.0 Å². The highest BCUT2D eigenvalue weighted by Gasteiger charge is 2.41. The number of nitrogens with one attached hydrogen (secondary N) is 1. The Morgan fingerprint density at radius 1 is 1.50 bits per heavy atom. The van der Waals surface area contributed by atoms with E-state index in [0.717, 1.165) is 17.8 Å². The molecule has 18 heavy (non-hydrogen) atoms. The molecule has 2 rings (SSSR count). The van der Waals surface area contributed by atoms with Crippen LogP contribution in [0.3, 0.4) is 0 Å². The van der Waals surface area contributed by atoms with Gasteiger partial charge in [0.05, 0.1) is 18.0 Å². The van der Waals surface area contributed by atoms with E-state index in [0.29, 0.717) is 0 Å². The molecule has 0 spiro atoms. The highest BCUT2D eigenvalue weighted by atomic mass is 35.5. The van der Waals surface area contributed by atoms with Crippen molar-refractivity contribution in [1.82, 2.24) is 5.48 Å². The van der Waals surface area contributed by atoms with E-state index < -0.39 is 0 Å². The van der Waals surface area contributed by atoms with Gasteiger partial charge in [0.25, 0.3) is 0 Å². The molecule has 1 aliphatic carbocycles. The number of aliphatic hydroxyl groups excluding tert-OH is 1. The van der Waals surface area contributed by atoms with Crippen LogP contribution in [-0.4, -0.2) is 28.5 Å². The molecule has 0 amide bonds. The zero-order chi connectivity index (χ0) is 13.3. The normalized spacial score (nSPS) is 36.3. The molecule has 102 valence electrons. The second-order valence-corrected chi connectivity index (χ2v) is 6.17. The summed E-state index contributed by atoms with van der Waals surface area (Å²) in [6, 6.07) is -0.109. The second-order valence-electron chi connectivity index (χ2n) is 5.10. The predicted octanol–water partition coefficient (Wildman–Crippen LogP) is 2.58. The molecule has 0 radical (unpaired) electrons. The smallest absolute Gasteiger partial charge is 0.130 e. The topological polar surface area (TPSA) is 41.5 Å². The van der Waals surface area contributed by atoms with Crippen molar-refractivity contribution in [2.24, 2.45) is 11.8 Å². The number of aliphatic hydroxyl groups is 1. The van der Waals surface area contributed by atoms with E-state index in [9.17, 15) is 5.11 Å². The minimum absolute atomic E-state index is 0.0248. The average molecular weight is 292 g/mol. The van der Waals surface area contributed by atoms with Gasteiger partial charge >= 0.3 is 0 Å². The van der Waals surface area contributed by atoms with Gasteiger partial charge in [-0.3, -0.25) is 0 Å². The Morgan fingerprint density at radius 3 is 2.78 bits per heavy atom. The van der Waals surface area contributed by atoms with E-state index in [1.54, 1.807) is 0 Å². The average Bonchev–Trinajstić information content (AvgIpc) is 2.72. The van der Waals surface area contributed by atoms with E-state index in [-0.39, 0.29) is 35.2 Å². The molecule has 3 nitrogen and oxygen atoms in total. The van der Waals surface area contributed by atoms with Crippen molar-refractivity contribution >= 4 is 23.2 Å². The number of hydrogen-bond acceptors (Lipinski definition) is 3. The van der Waals surface area contributed by atoms with E-state index in [1.165, 1.54) is 0 Å². The summed E-state index contributed by atoms with van der Waals surface area (Å²) in [4.78, 5) is 5.51. The van der Waals surface area contributed by atoms with Gasteiger partial charge in [-0.15, -0.1) is 28.7 Å². The molecule has 0 saturated heterocycles. The molecule has 1 heterocycles. The Balaban J connectivity index is 2.26. The maximum atomic E-state index is 9.58. The maximum Gasteiger partial charge on any atom is 0.130 e. The first-order chi connectivity index (χ1) is 8.56. The van der Waals surface area contributed by atoms with Crippen molar-refractivity contribution < 1.29 is 9.94 Å². The van der Waals surface area contributed by atoms with Crippen molar-refractivity contribution in [3.05, 3.63) is 23.5 Å². The molecule has 0 aromatic rings. The molecular formula is C13H19Cl2NO2. The molecule has 0 bridgehead atoms. The third kappa shape index (κ3) is 2.55. The van der Waals surface area contributed by atoms with Crippen molar-refractivity contribution in [2.45, 2.75) is 37.1 Å². The van der Waals surface area contributed by atoms with Gasteiger partial charge in [0.2, 0.25) is 0 Å². The number of hydroxylamine groups is 1. The van der Waals surface area contributed by atoms with Gasteiger partial charge in [-0.05, 0) is 6.42 Å². The quantitative estimate of drug-likeness (QED) is 0.620. The Labute approximate surface area is 118 Å². The van der Waals surface area contributed by atoms with Gasteiger partial charge in [0.15, 0.2) is 0 Å². The fourth-order valence-corrected chi connectivity index (χ4v) is 3.51.